The lowest BCUT2D eigenvalue weighted by atomic mass is 10.1. The van der Waals surface area contributed by atoms with Gasteiger partial charge in [-0.15, -0.1) is 0 Å². The first-order chi connectivity index (χ1) is 15.0. The smallest absolute Gasteiger partial charge is 0.256 e. The molecule has 2 amide bonds. The van der Waals surface area contributed by atoms with Gasteiger partial charge < -0.3 is 14.8 Å². The molecular formula is C25H30N4O2. The van der Waals surface area contributed by atoms with E-state index < -0.39 is 0 Å². The second-order valence-electron chi connectivity index (χ2n) is 8.39. The van der Waals surface area contributed by atoms with Crippen molar-refractivity contribution in [3.63, 3.8) is 0 Å². The number of hydrogen-bond donors (Lipinski definition) is 1. The fourth-order valence-electron chi connectivity index (χ4n) is 4.14. The molecule has 1 aromatic heterocycles. The van der Waals surface area contributed by atoms with Gasteiger partial charge in [-0.05, 0) is 25.5 Å². The van der Waals surface area contributed by atoms with Crippen LogP contribution < -0.4 is 5.32 Å². The van der Waals surface area contributed by atoms with Gasteiger partial charge in [-0.3, -0.25) is 14.5 Å². The van der Waals surface area contributed by atoms with Crippen molar-refractivity contribution in [1.82, 2.24) is 19.7 Å². The number of piperazine rings is 1. The Morgan fingerprint density at radius 3 is 2.32 bits per heavy atom. The van der Waals surface area contributed by atoms with Crippen molar-refractivity contribution in [3.05, 3.63) is 71.9 Å². The van der Waals surface area contributed by atoms with Gasteiger partial charge in [0.05, 0.1) is 12.1 Å². The van der Waals surface area contributed by atoms with Crippen molar-refractivity contribution < 1.29 is 9.59 Å². The first-order valence-electron chi connectivity index (χ1n) is 10.9. The number of carbonyl (C=O) groups is 2. The van der Waals surface area contributed by atoms with Crippen LogP contribution in [0.1, 0.15) is 35.8 Å². The Hall–Kier alpha value is -3.12. The SMILES string of the molecule is CC(C)n1cc(C(=O)N2CCN(CC(=O)NCc3ccccc3)CC2)c2ccccc21. The Morgan fingerprint density at radius 1 is 0.935 bits per heavy atom. The molecule has 0 bridgehead atoms. The lowest BCUT2D eigenvalue weighted by molar-refractivity contribution is -0.122. The van der Waals surface area contributed by atoms with Crippen LogP contribution in [0.15, 0.2) is 60.8 Å². The summed E-state index contributed by atoms with van der Waals surface area (Å²) in [4.78, 5) is 29.6. The van der Waals surface area contributed by atoms with Crippen LogP contribution in [-0.4, -0.2) is 58.9 Å². The Labute approximate surface area is 183 Å². The Morgan fingerprint density at radius 2 is 1.61 bits per heavy atom. The predicted molar refractivity (Wildman–Crippen MR) is 123 cm³/mol. The van der Waals surface area contributed by atoms with E-state index in [0.717, 1.165) is 22.0 Å². The minimum atomic E-state index is 0.0173. The lowest BCUT2D eigenvalue weighted by Gasteiger charge is -2.34. The number of aromatic nitrogens is 1. The highest BCUT2D eigenvalue weighted by atomic mass is 16.2. The average molecular weight is 419 g/mol. The van der Waals surface area contributed by atoms with Gasteiger partial charge >= 0.3 is 0 Å². The van der Waals surface area contributed by atoms with Crippen LogP contribution in [0.25, 0.3) is 10.9 Å². The number of hydrogen-bond acceptors (Lipinski definition) is 3. The van der Waals surface area contributed by atoms with E-state index in [1.807, 2.05) is 59.6 Å². The molecule has 6 nitrogen and oxygen atoms in total. The summed E-state index contributed by atoms with van der Waals surface area (Å²) in [6.07, 6.45) is 1.99. The molecule has 3 aromatic rings. The monoisotopic (exact) mass is 418 g/mol. The molecule has 6 heteroatoms. The fraction of sp³-hybridized carbons (Fsp3) is 0.360. The zero-order chi connectivity index (χ0) is 21.8. The quantitative estimate of drug-likeness (QED) is 0.668. The van der Waals surface area contributed by atoms with Crippen LogP contribution in [0.3, 0.4) is 0 Å². The van der Waals surface area contributed by atoms with Gasteiger partial charge in [-0.2, -0.15) is 0 Å². The summed E-state index contributed by atoms with van der Waals surface area (Å²) in [7, 11) is 0. The fourth-order valence-corrected chi connectivity index (χ4v) is 4.14. The molecule has 1 saturated heterocycles. The minimum Gasteiger partial charge on any atom is -0.351 e. The van der Waals surface area contributed by atoms with Gasteiger partial charge in [0.15, 0.2) is 0 Å². The molecule has 1 N–H and O–H groups in total. The Kier molecular flexibility index (Phi) is 6.37. The van der Waals surface area contributed by atoms with Gasteiger partial charge in [0.2, 0.25) is 5.91 Å². The number of nitrogens with one attached hydrogen (secondary N) is 1. The number of amides is 2. The normalized spacial score (nSPS) is 14.9. The summed E-state index contributed by atoms with van der Waals surface area (Å²) in [6.45, 7) is 7.82. The van der Waals surface area contributed by atoms with Crippen molar-refractivity contribution in [1.29, 1.82) is 0 Å². The third-order valence-corrected chi connectivity index (χ3v) is 5.89. The zero-order valence-corrected chi connectivity index (χ0v) is 18.3. The maximum Gasteiger partial charge on any atom is 0.256 e. The molecule has 4 rings (SSSR count). The van der Waals surface area contributed by atoms with E-state index in [0.29, 0.717) is 39.3 Å². The topological polar surface area (TPSA) is 57.6 Å². The third-order valence-electron chi connectivity index (χ3n) is 5.89. The van der Waals surface area contributed by atoms with Crippen molar-refractivity contribution in [3.8, 4) is 0 Å². The van der Waals surface area contributed by atoms with E-state index in [-0.39, 0.29) is 17.9 Å². The van der Waals surface area contributed by atoms with Crippen molar-refractivity contribution >= 4 is 22.7 Å². The Balaban J connectivity index is 1.33. The highest BCUT2D eigenvalue weighted by Crippen LogP contribution is 2.26. The molecule has 0 unspecified atom stereocenters. The van der Waals surface area contributed by atoms with Crippen LogP contribution in [0, 0.1) is 0 Å². The maximum absolute atomic E-state index is 13.3. The summed E-state index contributed by atoms with van der Waals surface area (Å²) < 4.78 is 2.16. The highest BCUT2D eigenvalue weighted by molar-refractivity contribution is 6.07. The van der Waals surface area contributed by atoms with Gasteiger partial charge in [0.25, 0.3) is 5.91 Å². The average Bonchev–Trinajstić information content (AvgIpc) is 3.18. The molecule has 1 aliphatic rings. The van der Waals surface area contributed by atoms with Crippen LogP contribution in [-0.2, 0) is 11.3 Å². The Bertz CT molecular complexity index is 1050. The van der Waals surface area contributed by atoms with Crippen molar-refractivity contribution in [2.24, 2.45) is 0 Å². The van der Waals surface area contributed by atoms with Gasteiger partial charge in [0, 0.05) is 55.9 Å². The predicted octanol–water partition coefficient (Wildman–Crippen LogP) is 3.30. The third kappa shape index (κ3) is 4.80. The molecule has 162 valence electrons. The van der Waals surface area contributed by atoms with E-state index in [1.54, 1.807) is 0 Å². The molecular weight excluding hydrogens is 388 g/mol. The summed E-state index contributed by atoms with van der Waals surface area (Å²) >= 11 is 0. The lowest BCUT2D eigenvalue weighted by Crippen LogP contribution is -2.51. The zero-order valence-electron chi connectivity index (χ0n) is 18.3. The van der Waals surface area contributed by atoms with E-state index in [9.17, 15) is 9.59 Å². The van der Waals surface area contributed by atoms with Crippen LogP contribution in [0.2, 0.25) is 0 Å². The minimum absolute atomic E-state index is 0.0173. The molecule has 31 heavy (non-hydrogen) atoms. The number of rotatable bonds is 6. The first-order valence-corrected chi connectivity index (χ1v) is 10.9. The summed E-state index contributed by atoms with van der Waals surface area (Å²) in [6, 6.07) is 18.3. The van der Waals surface area contributed by atoms with E-state index >= 15 is 0 Å². The summed E-state index contributed by atoms with van der Waals surface area (Å²) in [5, 5.41) is 3.98. The molecule has 0 saturated carbocycles. The first kappa shape index (κ1) is 21.1. The second kappa shape index (κ2) is 9.35. The number of fused-ring (bicyclic) bond motifs is 1. The van der Waals surface area contributed by atoms with Gasteiger partial charge in [-0.25, -0.2) is 0 Å². The largest absolute Gasteiger partial charge is 0.351 e. The van der Waals surface area contributed by atoms with Crippen molar-refractivity contribution in [2.45, 2.75) is 26.4 Å². The molecule has 1 aliphatic heterocycles. The molecule has 1 fully saturated rings. The van der Waals surface area contributed by atoms with Crippen LogP contribution >= 0.6 is 0 Å². The highest BCUT2D eigenvalue weighted by Gasteiger charge is 2.26. The second-order valence-corrected chi connectivity index (χ2v) is 8.39. The van der Waals surface area contributed by atoms with E-state index in [4.69, 9.17) is 0 Å². The summed E-state index contributed by atoms with van der Waals surface area (Å²) in [5.74, 6) is 0.0902. The molecule has 2 heterocycles. The molecule has 0 radical (unpaired) electrons. The molecule has 0 spiro atoms. The summed E-state index contributed by atoms with van der Waals surface area (Å²) in [5.41, 5.74) is 2.94. The van der Waals surface area contributed by atoms with E-state index in [2.05, 4.69) is 34.7 Å². The number of nitrogens with zero attached hydrogens (tertiary/aromatic N) is 3. The van der Waals surface area contributed by atoms with Crippen LogP contribution in [0.5, 0.6) is 0 Å². The maximum atomic E-state index is 13.3. The standard InChI is InChI=1S/C25H30N4O2/c1-19(2)29-17-22(21-10-6-7-11-23(21)29)25(31)28-14-12-27(13-15-28)18-24(30)26-16-20-8-4-3-5-9-20/h3-11,17,19H,12-16,18H2,1-2H3,(H,26,30). The van der Waals surface area contributed by atoms with E-state index in [1.165, 1.54) is 0 Å². The van der Waals surface area contributed by atoms with Gasteiger partial charge in [-0.1, -0.05) is 48.5 Å². The molecule has 0 atom stereocenters. The number of benzene rings is 2. The molecule has 0 aliphatic carbocycles. The molecule has 2 aromatic carbocycles. The van der Waals surface area contributed by atoms with Crippen molar-refractivity contribution in [2.75, 3.05) is 32.7 Å². The van der Waals surface area contributed by atoms with Gasteiger partial charge in [0.1, 0.15) is 0 Å². The van der Waals surface area contributed by atoms with Crippen LogP contribution in [0.4, 0.5) is 0 Å². The number of carbonyl (C=O) groups excluding carboxylic acids is 2. The number of para-hydroxylation sites is 1.